The number of ether oxygens (including phenoxy) is 1. The lowest BCUT2D eigenvalue weighted by atomic mass is 9.98. The van der Waals surface area contributed by atoms with Gasteiger partial charge in [-0.15, -0.1) is 13.2 Å². The van der Waals surface area contributed by atoms with Gasteiger partial charge in [0.2, 0.25) is 0 Å². The van der Waals surface area contributed by atoms with E-state index >= 15 is 0 Å². The van der Waals surface area contributed by atoms with E-state index in [1.807, 2.05) is 13.0 Å². The second-order valence-corrected chi connectivity index (χ2v) is 6.04. The number of aryl methyl sites for hydroxylation is 1. The van der Waals surface area contributed by atoms with Crippen molar-refractivity contribution in [2.45, 2.75) is 45.1 Å². The van der Waals surface area contributed by atoms with Crippen molar-refractivity contribution in [2.24, 2.45) is 0 Å². The van der Waals surface area contributed by atoms with E-state index in [0.717, 1.165) is 42.8 Å². The Hall–Kier alpha value is -2.02. The molecule has 0 aliphatic carbocycles. The molecule has 1 fully saturated rings. The van der Waals surface area contributed by atoms with Crippen LogP contribution in [0.15, 0.2) is 34.9 Å². The van der Waals surface area contributed by atoms with Crippen LogP contribution in [0.1, 0.15) is 42.3 Å². The van der Waals surface area contributed by atoms with E-state index in [0.29, 0.717) is 6.54 Å². The van der Waals surface area contributed by atoms with Crippen molar-refractivity contribution in [2.75, 3.05) is 6.54 Å². The summed E-state index contributed by atoms with van der Waals surface area (Å²) in [6.45, 7) is 3.45. The molecule has 1 atom stereocenters. The van der Waals surface area contributed by atoms with Crippen LogP contribution in [0.5, 0.6) is 5.75 Å². The van der Waals surface area contributed by atoms with Gasteiger partial charge >= 0.3 is 6.36 Å². The summed E-state index contributed by atoms with van der Waals surface area (Å²) in [7, 11) is 0. The Morgan fingerprint density at radius 2 is 2.00 bits per heavy atom. The van der Waals surface area contributed by atoms with E-state index in [-0.39, 0.29) is 11.8 Å². The molecule has 3 rings (SSSR count). The van der Waals surface area contributed by atoms with Gasteiger partial charge in [-0.25, -0.2) is 0 Å². The molecular formula is C17H19F3N2O2. The molecule has 0 amide bonds. The van der Waals surface area contributed by atoms with E-state index in [2.05, 4.69) is 14.8 Å². The van der Waals surface area contributed by atoms with Crippen LogP contribution in [0.3, 0.4) is 0 Å². The molecular weight excluding hydrogens is 321 g/mol. The summed E-state index contributed by atoms with van der Waals surface area (Å²) in [5, 5.41) is 4.12. The Labute approximate surface area is 138 Å². The Bertz CT molecular complexity index is 667. The van der Waals surface area contributed by atoms with Crippen LogP contribution in [-0.2, 0) is 6.54 Å². The van der Waals surface area contributed by atoms with Gasteiger partial charge in [-0.3, -0.25) is 4.90 Å². The van der Waals surface area contributed by atoms with Gasteiger partial charge in [0, 0.05) is 12.6 Å². The van der Waals surface area contributed by atoms with Crippen molar-refractivity contribution in [1.82, 2.24) is 10.1 Å². The lowest BCUT2D eigenvalue weighted by Gasteiger charge is -2.34. The molecule has 0 spiro atoms. The minimum absolute atomic E-state index is 0.183. The number of alkyl halides is 3. The molecule has 24 heavy (non-hydrogen) atoms. The van der Waals surface area contributed by atoms with Gasteiger partial charge in [-0.1, -0.05) is 23.7 Å². The zero-order valence-electron chi connectivity index (χ0n) is 13.3. The zero-order chi connectivity index (χ0) is 17.2. The maximum absolute atomic E-state index is 12.2. The van der Waals surface area contributed by atoms with Crippen molar-refractivity contribution in [1.29, 1.82) is 0 Å². The lowest BCUT2D eigenvalue weighted by molar-refractivity contribution is -0.274. The van der Waals surface area contributed by atoms with Gasteiger partial charge in [-0.05, 0) is 44.0 Å². The average Bonchev–Trinajstić information content (AvgIpc) is 2.95. The molecule has 7 heteroatoms. The quantitative estimate of drug-likeness (QED) is 0.815. The molecule has 130 valence electrons. The van der Waals surface area contributed by atoms with Crippen LogP contribution < -0.4 is 4.74 Å². The van der Waals surface area contributed by atoms with E-state index in [4.69, 9.17) is 4.52 Å². The highest BCUT2D eigenvalue weighted by Gasteiger charge is 2.31. The first kappa shape index (κ1) is 16.8. The maximum atomic E-state index is 12.2. The van der Waals surface area contributed by atoms with Crippen LogP contribution in [0.4, 0.5) is 13.2 Å². The third-order valence-corrected chi connectivity index (χ3v) is 4.14. The first-order valence-corrected chi connectivity index (χ1v) is 7.93. The van der Waals surface area contributed by atoms with Crippen LogP contribution in [0.25, 0.3) is 0 Å². The fourth-order valence-electron chi connectivity index (χ4n) is 3.09. The monoisotopic (exact) mass is 340 g/mol. The number of likely N-dealkylation sites (tertiary alicyclic amines) is 1. The molecule has 2 heterocycles. The van der Waals surface area contributed by atoms with Crippen LogP contribution >= 0.6 is 0 Å². The molecule has 1 aromatic heterocycles. The van der Waals surface area contributed by atoms with Crippen LogP contribution in [0.2, 0.25) is 0 Å². The summed E-state index contributed by atoms with van der Waals surface area (Å²) in [4.78, 5) is 2.29. The number of hydrogen-bond donors (Lipinski definition) is 0. The number of rotatable bonds is 4. The molecule has 0 radical (unpaired) electrons. The molecule has 0 N–H and O–H groups in total. The summed E-state index contributed by atoms with van der Waals surface area (Å²) in [6, 6.07) is 8.16. The van der Waals surface area contributed by atoms with Gasteiger partial charge in [0.1, 0.15) is 17.2 Å². The molecule has 1 aliphatic rings. The van der Waals surface area contributed by atoms with Crippen molar-refractivity contribution in [3.63, 3.8) is 0 Å². The first-order valence-electron chi connectivity index (χ1n) is 7.93. The number of aromatic nitrogens is 1. The summed E-state index contributed by atoms with van der Waals surface area (Å²) in [5.74, 6) is 0.581. The van der Waals surface area contributed by atoms with Gasteiger partial charge in [0.05, 0.1) is 6.04 Å². The van der Waals surface area contributed by atoms with Crippen molar-refractivity contribution < 1.29 is 22.4 Å². The van der Waals surface area contributed by atoms with Gasteiger partial charge < -0.3 is 9.26 Å². The number of piperidine rings is 1. The molecule has 1 saturated heterocycles. The molecule has 1 aromatic carbocycles. The number of halogens is 3. The van der Waals surface area contributed by atoms with Gasteiger partial charge in [-0.2, -0.15) is 0 Å². The molecule has 0 bridgehead atoms. The third kappa shape index (κ3) is 4.29. The Morgan fingerprint density at radius 3 is 2.62 bits per heavy atom. The van der Waals surface area contributed by atoms with Crippen LogP contribution in [-0.4, -0.2) is 23.0 Å². The average molecular weight is 340 g/mol. The standard InChI is InChI=1S/C17H19F3N2O2/c1-12-10-15(21-24-12)16-4-2-3-9-22(16)11-13-5-7-14(8-6-13)23-17(18,19)20/h5-8,10,16H,2-4,9,11H2,1H3/t16-/m1/s1. The zero-order valence-corrected chi connectivity index (χ0v) is 13.3. The fourth-order valence-corrected chi connectivity index (χ4v) is 3.09. The molecule has 4 nitrogen and oxygen atoms in total. The van der Waals surface area contributed by atoms with Crippen molar-refractivity contribution in [3.8, 4) is 5.75 Å². The number of nitrogens with zero attached hydrogens (tertiary/aromatic N) is 2. The Kier molecular flexibility index (Phi) is 4.80. The molecule has 2 aromatic rings. The van der Waals surface area contributed by atoms with E-state index in [1.54, 1.807) is 12.1 Å². The highest BCUT2D eigenvalue weighted by molar-refractivity contribution is 5.27. The Morgan fingerprint density at radius 1 is 1.25 bits per heavy atom. The second-order valence-electron chi connectivity index (χ2n) is 6.04. The normalized spacial score (nSPS) is 19.4. The second kappa shape index (κ2) is 6.84. The summed E-state index contributed by atoms with van der Waals surface area (Å²) in [6.07, 6.45) is -1.43. The van der Waals surface area contributed by atoms with E-state index in [1.165, 1.54) is 12.1 Å². The summed E-state index contributed by atoms with van der Waals surface area (Å²) >= 11 is 0. The fraction of sp³-hybridized carbons (Fsp3) is 0.471. The Balaban J connectivity index is 1.69. The molecule has 0 unspecified atom stereocenters. The van der Waals surface area contributed by atoms with Gasteiger partial charge in [0.15, 0.2) is 0 Å². The summed E-state index contributed by atoms with van der Waals surface area (Å²) in [5.41, 5.74) is 1.86. The topological polar surface area (TPSA) is 38.5 Å². The van der Waals surface area contributed by atoms with E-state index in [9.17, 15) is 13.2 Å². The first-order chi connectivity index (χ1) is 11.4. The highest BCUT2D eigenvalue weighted by atomic mass is 19.4. The van der Waals surface area contributed by atoms with E-state index < -0.39 is 6.36 Å². The third-order valence-electron chi connectivity index (χ3n) is 4.14. The number of hydrogen-bond acceptors (Lipinski definition) is 4. The predicted octanol–water partition coefficient (Wildman–Crippen LogP) is 4.61. The maximum Gasteiger partial charge on any atom is 0.573 e. The largest absolute Gasteiger partial charge is 0.573 e. The summed E-state index contributed by atoms with van der Waals surface area (Å²) < 4.78 is 45.7. The lowest BCUT2D eigenvalue weighted by Crippen LogP contribution is -2.33. The predicted molar refractivity (Wildman–Crippen MR) is 81.4 cm³/mol. The minimum Gasteiger partial charge on any atom is -0.406 e. The van der Waals surface area contributed by atoms with Crippen molar-refractivity contribution in [3.05, 3.63) is 47.3 Å². The molecule has 1 aliphatic heterocycles. The molecule has 0 saturated carbocycles. The SMILES string of the molecule is Cc1cc([C@H]2CCCCN2Cc2ccc(OC(F)(F)F)cc2)no1. The van der Waals surface area contributed by atoms with Crippen molar-refractivity contribution >= 4 is 0 Å². The smallest absolute Gasteiger partial charge is 0.406 e. The highest BCUT2D eigenvalue weighted by Crippen LogP contribution is 2.32. The minimum atomic E-state index is -4.66. The van der Waals surface area contributed by atoms with Gasteiger partial charge in [0.25, 0.3) is 0 Å². The number of benzene rings is 1. The van der Waals surface area contributed by atoms with Crippen LogP contribution in [0, 0.1) is 6.92 Å².